The molecule has 3 nitrogen and oxygen atoms in total. The average molecular weight is 322 g/mol. The highest BCUT2D eigenvalue weighted by Crippen LogP contribution is 2.54. The predicted octanol–water partition coefficient (Wildman–Crippen LogP) is 4.87. The van der Waals surface area contributed by atoms with Gasteiger partial charge >= 0.3 is 0 Å². The maximum Gasteiger partial charge on any atom is 0.153 e. The zero-order chi connectivity index (χ0) is 14.6. The molecule has 3 N–H and O–H groups in total. The van der Waals surface area contributed by atoms with Crippen LogP contribution in [0.5, 0.6) is 0 Å². The fourth-order valence-electron chi connectivity index (χ4n) is 4.21. The van der Waals surface area contributed by atoms with Crippen LogP contribution in [0.25, 0.3) is 11.1 Å². The summed E-state index contributed by atoms with van der Waals surface area (Å²) in [5, 5.41) is 8.68. The molecule has 2 aliphatic carbocycles. The molecular weight excluding hydrogens is 305 g/mol. The van der Waals surface area contributed by atoms with Crippen molar-refractivity contribution in [2.45, 2.75) is 31.6 Å². The number of anilines is 1. The summed E-state index contributed by atoms with van der Waals surface area (Å²) in [6, 6.07) is 5.54. The first-order valence-electron chi connectivity index (χ1n) is 7.42. The standard InChI is InChI=1S/C16H17Cl2N3/c17-10-3-4-11(13(18)7-10)14-15(20-21-16(14)19)12-6-8-1-2-9(12)5-8/h3-4,7-9,12H,1-2,5-6H2,(H3,19,20,21). The highest BCUT2D eigenvalue weighted by molar-refractivity contribution is 6.36. The second-order valence-corrected chi connectivity index (χ2v) is 7.15. The number of hydrogen-bond acceptors (Lipinski definition) is 2. The molecule has 1 heterocycles. The van der Waals surface area contributed by atoms with Gasteiger partial charge in [-0.1, -0.05) is 35.7 Å². The quantitative estimate of drug-likeness (QED) is 0.829. The molecule has 0 radical (unpaired) electrons. The molecule has 1 aromatic carbocycles. The van der Waals surface area contributed by atoms with Crippen LogP contribution < -0.4 is 5.73 Å². The van der Waals surface area contributed by atoms with E-state index < -0.39 is 0 Å². The SMILES string of the molecule is Nc1n[nH]c(C2CC3CCC2C3)c1-c1ccc(Cl)cc1Cl. The molecule has 2 fully saturated rings. The van der Waals surface area contributed by atoms with Crippen molar-refractivity contribution in [1.29, 1.82) is 0 Å². The highest BCUT2D eigenvalue weighted by atomic mass is 35.5. The first-order chi connectivity index (χ1) is 10.1. The molecule has 3 unspecified atom stereocenters. The Morgan fingerprint density at radius 1 is 1.19 bits per heavy atom. The molecule has 2 aliphatic rings. The maximum atomic E-state index is 6.37. The van der Waals surface area contributed by atoms with Crippen LogP contribution in [-0.4, -0.2) is 10.2 Å². The number of halogens is 2. The van der Waals surface area contributed by atoms with Gasteiger partial charge in [-0.25, -0.2) is 0 Å². The lowest BCUT2D eigenvalue weighted by molar-refractivity contribution is 0.413. The molecule has 5 heteroatoms. The Morgan fingerprint density at radius 2 is 2.05 bits per heavy atom. The van der Waals surface area contributed by atoms with Crippen molar-refractivity contribution in [2.75, 3.05) is 5.73 Å². The number of H-pyrrole nitrogens is 1. The van der Waals surface area contributed by atoms with Gasteiger partial charge in [0.15, 0.2) is 5.82 Å². The number of aromatic nitrogens is 2. The molecule has 0 saturated heterocycles. The van der Waals surface area contributed by atoms with Crippen molar-refractivity contribution in [3.05, 3.63) is 33.9 Å². The van der Waals surface area contributed by atoms with Crippen molar-refractivity contribution < 1.29 is 0 Å². The molecule has 4 rings (SSSR count). The Labute approximate surface area is 133 Å². The van der Waals surface area contributed by atoms with E-state index in [2.05, 4.69) is 10.2 Å². The second-order valence-electron chi connectivity index (χ2n) is 6.30. The average Bonchev–Trinajstić information content (AvgIpc) is 3.14. The molecule has 1 aromatic heterocycles. The van der Waals surface area contributed by atoms with E-state index >= 15 is 0 Å². The molecular formula is C16H17Cl2N3. The van der Waals surface area contributed by atoms with Gasteiger partial charge < -0.3 is 5.73 Å². The van der Waals surface area contributed by atoms with E-state index in [1.54, 1.807) is 6.07 Å². The Balaban J connectivity index is 1.80. The summed E-state index contributed by atoms with van der Waals surface area (Å²) in [6.07, 6.45) is 5.28. The fraction of sp³-hybridized carbons (Fsp3) is 0.438. The Kier molecular flexibility index (Phi) is 3.16. The van der Waals surface area contributed by atoms with Crippen molar-refractivity contribution >= 4 is 29.0 Å². The van der Waals surface area contributed by atoms with Gasteiger partial charge in [-0.05, 0) is 43.2 Å². The van der Waals surface area contributed by atoms with E-state index in [0.29, 0.717) is 21.8 Å². The normalized spacial score (nSPS) is 27.4. The van der Waals surface area contributed by atoms with Gasteiger partial charge in [-0.15, -0.1) is 0 Å². The molecule has 0 spiro atoms. The van der Waals surface area contributed by atoms with Gasteiger partial charge in [-0.2, -0.15) is 5.10 Å². The summed E-state index contributed by atoms with van der Waals surface area (Å²) in [4.78, 5) is 0. The Morgan fingerprint density at radius 3 is 2.71 bits per heavy atom. The number of aromatic amines is 1. The number of nitrogens with one attached hydrogen (secondary N) is 1. The summed E-state index contributed by atoms with van der Waals surface area (Å²) >= 11 is 12.4. The predicted molar refractivity (Wildman–Crippen MR) is 86.6 cm³/mol. The van der Waals surface area contributed by atoms with E-state index in [4.69, 9.17) is 28.9 Å². The summed E-state index contributed by atoms with van der Waals surface area (Å²) in [5.74, 6) is 2.70. The van der Waals surface area contributed by atoms with Crippen LogP contribution in [0.3, 0.4) is 0 Å². The highest BCUT2D eigenvalue weighted by Gasteiger charge is 2.42. The number of nitrogen functional groups attached to an aromatic ring is 1. The first kappa shape index (κ1) is 13.5. The third kappa shape index (κ3) is 2.14. The van der Waals surface area contributed by atoms with Gasteiger partial charge in [0.25, 0.3) is 0 Å². The Hall–Kier alpha value is -1.19. The Bertz CT molecular complexity index is 695. The van der Waals surface area contributed by atoms with Crippen LogP contribution in [0.2, 0.25) is 10.0 Å². The van der Waals surface area contributed by atoms with Gasteiger partial charge in [0.2, 0.25) is 0 Å². The molecule has 110 valence electrons. The topological polar surface area (TPSA) is 54.7 Å². The van der Waals surface area contributed by atoms with E-state index in [1.807, 2.05) is 12.1 Å². The second kappa shape index (κ2) is 4.92. The lowest BCUT2D eigenvalue weighted by Crippen LogP contribution is -2.10. The van der Waals surface area contributed by atoms with E-state index in [1.165, 1.54) is 25.7 Å². The fourth-order valence-corrected chi connectivity index (χ4v) is 4.72. The lowest BCUT2D eigenvalue weighted by atomic mass is 9.84. The van der Waals surface area contributed by atoms with Crippen molar-refractivity contribution in [3.63, 3.8) is 0 Å². The number of fused-ring (bicyclic) bond motifs is 2. The zero-order valence-electron chi connectivity index (χ0n) is 11.6. The van der Waals surface area contributed by atoms with Crippen LogP contribution in [0.4, 0.5) is 5.82 Å². The number of rotatable bonds is 2. The van der Waals surface area contributed by atoms with Gasteiger partial charge in [-0.3, -0.25) is 5.10 Å². The van der Waals surface area contributed by atoms with E-state index in [-0.39, 0.29) is 0 Å². The number of benzene rings is 1. The number of nitrogens with zero attached hydrogens (tertiary/aromatic N) is 1. The molecule has 0 aliphatic heterocycles. The third-order valence-corrected chi connectivity index (χ3v) is 5.68. The monoisotopic (exact) mass is 321 g/mol. The minimum absolute atomic E-state index is 0.525. The minimum Gasteiger partial charge on any atom is -0.382 e. The van der Waals surface area contributed by atoms with E-state index in [9.17, 15) is 0 Å². The van der Waals surface area contributed by atoms with Crippen LogP contribution in [0.1, 0.15) is 37.3 Å². The molecule has 3 atom stereocenters. The molecule has 21 heavy (non-hydrogen) atoms. The van der Waals surface area contributed by atoms with Gasteiger partial charge in [0.05, 0.1) is 5.02 Å². The van der Waals surface area contributed by atoms with Crippen LogP contribution in [0, 0.1) is 11.8 Å². The smallest absolute Gasteiger partial charge is 0.153 e. The molecule has 0 amide bonds. The first-order valence-corrected chi connectivity index (χ1v) is 8.18. The number of nitrogens with two attached hydrogens (primary N) is 1. The van der Waals surface area contributed by atoms with Gasteiger partial charge in [0.1, 0.15) is 0 Å². The van der Waals surface area contributed by atoms with Crippen LogP contribution in [0.15, 0.2) is 18.2 Å². The van der Waals surface area contributed by atoms with Crippen molar-refractivity contribution in [2.24, 2.45) is 11.8 Å². The number of hydrogen-bond donors (Lipinski definition) is 2. The summed E-state index contributed by atoms with van der Waals surface area (Å²) in [5.41, 5.74) is 9.16. The maximum absolute atomic E-state index is 6.37. The van der Waals surface area contributed by atoms with Crippen LogP contribution in [-0.2, 0) is 0 Å². The summed E-state index contributed by atoms with van der Waals surface area (Å²) in [6.45, 7) is 0. The molecule has 2 bridgehead atoms. The third-order valence-electron chi connectivity index (χ3n) is 5.13. The minimum atomic E-state index is 0.525. The summed E-state index contributed by atoms with van der Waals surface area (Å²) in [7, 11) is 0. The van der Waals surface area contributed by atoms with E-state index in [0.717, 1.165) is 28.7 Å². The van der Waals surface area contributed by atoms with Crippen LogP contribution >= 0.6 is 23.2 Å². The van der Waals surface area contributed by atoms with Gasteiger partial charge in [0, 0.05) is 27.8 Å². The van der Waals surface area contributed by atoms with Crippen molar-refractivity contribution in [1.82, 2.24) is 10.2 Å². The lowest BCUT2D eigenvalue weighted by Gasteiger charge is -2.22. The molecule has 2 aromatic rings. The zero-order valence-corrected chi connectivity index (χ0v) is 13.1. The largest absolute Gasteiger partial charge is 0.382 e. The molecule has 2 saturated carbocycles. The van der Waals surface area contributed by atoms with Crippen molar-refractivity contribution in [3.8, 4) is 11.1 Å². The summed E-state index contributed by atoms with van der Waals surface area (Å²) < 4.78 is 0.